The van der Waals surface area contributed by atoms with E-state index in [1.54, 1.807) is 11.3 Å². The molecule has 0 fully saturated rings. The van der Waals surface area contributed by atoms with Crippen LogP contribution in [0.4, 0.5) is 0 Å². The molecule has 1 N–H and O–H groups in total. The van der Waals surface area contributed by atoms with E-state index in [4.69, 9.17) is 0 Å². The number of benzene rings is 1. The molecular formula is C17H17N3OS. The van der Waals surface area contributed by atoms with Crippen molar-refractivity contribution in [3.63, 3.8) is 0 Å². The minimum absolute atomic E-state index is 0.0226. The first kappa shape index (κ1) is 14.5. The number of nitrogens with zero attached hydrogens (tertiary/aromatic N) is 2. The molecular weight excluding hydrogens is 294 g/mol. The van der Waals surface area contributed by atoms with Crippen molar-refractivity contribution in [2.45, 2.75) is 13.5 Å². The number of carbonyl (C=O) groups is 1. The van der Waals surface area contributed by atoms with Crippen LogP contribution in [0, 0.1) is 0 Å². The van der Waals surface area contributed by atoms with Crippen LogP contribution in [0.15, 0.2) is 53.9 Å². The molecule has 4 nitrogen and oxygen atoms in total. The molecule has 5 heteroatoms. The fraction of sp³-hybridized carbons (Fsp3) is 0.176. The van der Waals surface area contributed by atoms with Gasteiger partial charge in [-0.2, -0.15) is 5.10 Å². The molecule has 3 aromatic rings. The maximum absolute atomic E-state index is 12.6. The van der Waals surface area contributed by atoms with Gasteiger partial charge in [-0.15, -0.1) is 11.3 Å². The van der Waals surface area contributed by atoms with E-state index in [2.05, 4.69) is 10.2 Å². The Morgan fingerprint density at radius 2 is 2.05 bits per heavy atom. The largest absolute Gasteiger partial charge is 0.332 e. The summed E-state index contributed by atoms with van der Waals surface area (Å²) in [7, 11) is 0. The van der Waals surface area contributed by atoms with Crippen molar-refractivity contribution >= 4 is 17.2 Å². The lowest BCUT2D eigenvalue weighted by Crippen LogP contribution is -2.30. The van der Waals surface area contributed by atoms with E-state index in [1.165, 1.54) is 4.88 Å². The second kappa shape index (κ2) is 6.58. The fourth-order valence-corrected chi connectivity index (χ4v) is 3.00. The standard InChI is InChI=1S/C17H17N3OS/c1-2-20(12-14-9-6-10-22-14)17(21)16-11-15(18-19-16)13-7-4-3-5-8-13/h3-11H,2,12H2,1H3,(H,18,19). The minimum atomic E-state index is -0.0226. The number of thiophene rings is 1. The van der Waals surface area contributed by atoms with Gasteiger partial charge in [0.2, 0.25) is 0 Å². The van der Waals surface area contributed by atoms with Gasteiger partial charge in [-0.3, -0.25) is 9.89 Å². The first-order valence-corrected chi connectivity index (χ1v) is 8.08. The molecule has 22 heavy (non-hydrogen) atoms. The monoisotopic (exact) mass is 311 g/mol. The molecule has 0 saturated heterocycles. The van der Waals surface area contributed by atoms with Crippen LogP contribution in [0.5, 0.6) is 0 Å². The van der Waals surface area contributed by atoms with Crippen molar-refractivity contribution in [2.24, 2.45) is 0 Å². The molecule has 0 aliphatic heterocycles. The SMILES string of the molecule is CCN(Cc1cccs1)C(=O)c1cc(-c2ccccc2)n[nH]1. The van der Waals surface area contributed by atoms with Crippen LogP contribution in [0.25, 0.3) is 11.3 Å². The number of nitrogens with one attached hydrogen (secondary N) is 1. The van der Waals surface area contributed by atoms with Crippen molar-refractivity contribution in [3.8, 4) is 11.3 Å². The van der Waals surface area contributed by atoms with Crippen molar-refractivity contribution in [3.05, 3.63) is 64.5 Å². The molecule has 0 atom stereocenters. The molecule has 112 valence electrons. The minimum Gasteiger partial charge on any atom is -0.332 e. The molecule has 3 rings (SSSR count). The van der Waals surface area contributed by atoms with E-state index in [9.17, 15) is 4.79 Å². The summed E-state index contributed by atoms with van der Waals surface area (Å²) in [6.45, 7) is 3.28. The Bertz CT molecular complexity index is 734. The fourth-order valence-electron chi connectivity index (χ4n) is 2.28. The molecule has 0 radical (unpaired) electrons. The maximum atomic E-state index is 12.6. The Morgan fingerprint density at radius 1 is 1.23 bits per heavy atom. The summed E-state index contributed by atoms with van der Waals surface area (Å²) in [6.07, 6.45) is 0. The zero-order valence-corrected chi connectivity index (χ0v) is 13.1. The number of carbonyl (C=O) groups excluding carboxylic acids is 1. The summed E-state index contributed by atoms with van der Waals surface area (Å²) in [5.41, 5.74) is 2.31. The quantitative estimate of drug-likeness (QED) is 0.779. The zero-order valence-electron chi connectivity index (χ0n) is 12.3. The highest BCUT2D eigenvalue weighted by Crippen LogP contribution is 2.19. The van der Waals surface area contributed by atoms with Gasteiger partial charge in [0.1, 0.15) is 5.69 Å². The van der Waals surface area contributed by atoms with Crippen LogP contribution < -0.4 is 0 Å². The predicted octanol–water partition coefficient (Wildman–Crippen LogP) is 3.80. The van der Waals surface area contributed by atoms with Crippen LogP contribution in [-0.2, 0) is 6.54 Å². The van der Waals surface area contributed by atoms with Crippen LogP contribution in [0.3, 0.4) is 0 Å². The van der Waals surface area contributed by atoms with Crippen molar-refractivity contribution in [2.75, 3.05) is 6.54 Å². The lowest BCUT2D eigenvalue weighted by atomic mass is 10.1. The summed E-state index contributed by atoms with van der Waals surface area (Å²) in [5.74, 6) is -0.0226. The number of aromatic amines is 1. The van der Waals surface area contributed by atoms with Crippen LogP contribution in [-0.4, -0.2) is 27.5 Å². The third kappa shape index (κ3) is 3.09. The molecule has 1 amide bonds. The highest BCUT2D eigenvalue weighted by molar-refractivity contribution is 7.09. The summed E-state index contributed by atoms with van der Waals surface area (Å²) < 4.78 is 0. The molecule has 1 aromatic carbocycles. The molecule has 0 aliphatic carbocycles. The Labute approximate surface area is 133 Å². The van der Waals surface area contributed by atoms with Gasteiger partial charge >= 0.3 is 0 Å². The Hall–Kier alpha value is -2.40. The normalized spacial score (nSPS) is 10.6. The Kier molecular flexibility index (Phi) is 4.34. The van der Waals surface area contributed by atoms with E-state index < -0.39 is 0 Å². The maximum Gasteiger partial charge on any atom is 0.272 e. The highest BCUT2D eigenvalue weighted by atomic mass is 32.1. The average molecular weight is 311 g/mol. The van der Waals surface area contributed by atoms with E-state index in [-0.39, 0.29) is 5.91 Å². The summed E-state index contributed by atoms with van der Waals surface area (Å²) in [5, 5.41) is 9.14. The van der Waals surface area contributed by atoms with E-state index in [0.29, 0.717) is 18.8 Å². The van der Waals surface area contributed by atoms with E-state index >= 15 is 0 Å². The van der Waals surface area contributed by atoms with Gasteiger partial charge in [0.25, 0.3) is 5.91 Å². The van der Waals surface area contributed by atoms with Crippen LogP contribution in [0.1, 0.15) is 22.3 Å². The number of amides is 1. The summed E-state index contributed by atoms with van der Waals surface area (Å²) in [6, 6.07) is 15.7. The second-order valence-corrected chi connectivity index (χ2v) is 5.96. The average Bonchev–Trinajstić information content (AvgIpc) is 3.24. The van der Waals surface area contributed by atoms with Crippen LogP contribution >= 0.6 is 11.3 Å². The topological polar surface area (TPSA) is 49.0 Å². The van der Waals surface area contributed by atoms with Gasteiger partial charge in [-0.25, -0.2) is 0 Å². The summed E-state index contributed by atoms with van der Waals surface area (Å²) >= 11 is 1.66. The second-order valence-electron chi connectivity index (χ2n) is 4.93. The number of aromatic nitrogens is 2. The molecule has 2 aromatic heterocycles. The first-order chi connectivity index (χ1) is 10.8. The van der Waals surface area contributed by atoms with E-state index in [0.717, 1.165) is 11.3 Å². The lowest BCUT2D eigenvalue weighted by Gasteiger charge is -2.19. The van der Waals surface area contributed by atoms with Gasteiger partial charge < -0.3 is 4.90 Å². The molecule has 2 heterocycles. The van der Waals surface area contributed by atoms with Gasteiger partial charge in [0, 0.05) is 17.0 Å². The highest BCUT2D eigenvalue weighted by Gasteiger charge is 2.17. The zero-order chi connectivity index (χ0) is 15.4. The first-order valence-electron chi connectivity index (χ1n) is 7.20. The van der Waals surface area contributed by atoms with Gasteiger partial charge in [0.15, 0.2) is 0 Å². The van der Waals surface area contributed by atoms with Crippen LogP contribution in [0.2, 0.25) is 0 Å². The van der Waals surface area contributed by atoms with E-state index in [1.807, 2.05) is 65.7 Å². The van der Waals surface area contributed by atoms with Gasteiger partial charge in [0.05, 0.1) is 12.2 Å². The smallest absolute Gasteiger partial charge is 0.272 e. The summed E-state index contributed by atoms with van der Waals surface area (Å²) in [4.78, 5) is 15.6. The Morgan fingerprint density at radius 3 is 2.73 bits per heavy atom. The third-order valence-electron chi connectivity index (χ3n) is 3.47. The number of rotatable bonds is 5. The molecule has 0 unspecified atom stereocenters. The van der Waals surface area contributed by atoms with Gasteiger partial charge in [-0.1, -0.05) is 36.4 Å². The molecule has 0 bridgehead atoms. The molecule has 0 aliphatic rings. The predicted molar refractivity (Wildman–Crippen MR) is 88.8 cm³/mol. The van der Waals surface area contributed by atoms with Crippen molar-refractivity contribution in [1.29, 1.82) is 0 Å². The van der Waals surface area contributed by atoms with Crippen molar-refractivity contribution < 1.29 is 4.79 Å². The molecule has 0 saturated carbocycles. The van der Waals surface area contributed by atoms with Gasteiger partial charge in [-0.05, 0) is 24.4 Å². The Balaban J connectivity index is 1.78. The number of hydrogen-bond donors (Lipinski definition) is 1. The molecule has 0 spiro atoms. The number of H-pyrrole nitrogens is 1. The number of hydrogen-bond acceptors (Lipinski definition) is 3. The lowest BCUT2D eigenvalue weighted by molar-refractivity contribution is 0.0748. The third-order valence-corrected chi connectivity index (χ3v) is 4.33. The van der Waals surface area contributed by atoms with Crippen molar-refractivity contribution in [1.82, 2.24) is 15.1 Å².